The maximum absolute atomic E-state index is 10.8. The zero-order chi connectivity index (χ0) is 29.6. The number of aliphatic hydroxyl groups is 1. The molecule has 0 heterocycles. The van der Waals surface area contributed by atoms with Crippen molar-refractivity contribution in [2.45, 2.75) is 206 Å². The van der Waals surface area contributed by atoms with E-state index in [4.69, 9.17) is 9.84 Å². The molecule has 0 aromatic rings. The third-order valence-corrected chi connectivity index (χ3v) is 7.92. The van der Waals surface area contributed by atoms with Gasteiger partial charge in [0.2, 0.25) is 0 Å². The van der Waals surface area contributed by atoms with Gasteiger partial charge in [-0.1, -0.05) is 200 Å². The Morgan fingerprint density at radius 3 is 0.975 bits per heavy atom. The van der Waals surface area contributed by atoms with E-state index < -0.39 is 0 Å². The number of carbonyl (C=O) groups excluding carboxylic acids is 1. The molecule has 0 bridgehead atoms. The minimum atomic E-state index is -0.301. The predicted octanol–water partition coefficient (Wildman–Crippen LogP) is 12.4. The molecule has 0 aromatic heterocycles. The number of unbranched alkanes of at least 4 members (excludes halogenated alkanes) is 28. The highest BCUT2D eigenvalue weighted by atomic mass is 16.5. The number of hydrogen-bond donors (Lipinski definition) is 1. The van der Waals surface area contributed by atoms with Crippen LogP contribution in [-0.4, -0.2) is 24.3 Å². The summed E-state index contributed by atoms with van der Waals surface area (Å²) < 4.78 is 4.94. The van der Waals surface area contributed by atoms with Crippen molar-refractivity contribution in [1.82, 2.24) is 0 Å². The summed E-state index contributed by atoms with van der Waals surface area (Å²) in [4.78, 5) is 10.8. The van der Waals surface area contributed by atoms with E-state index in [-0.39, 0.29) is 5.97 Å². The predicted molar refractivity (Wildman–Crippen MR) is 178 cm³/mol. The van der Waals surface area contributed by atoms with Crippen LogP contribution in [0.5, 0.6) is 0 Å². The Morgan fingerprint density at radius 2 is 0.725 bits per heavy atom. The molecule has 0 saturated carbocycles. The summed E-state index contributed by atoms with van der Waals surface area (Å²) in [5, 5.41) is 8.67. The first-order valence-corrected chi connectivity index (χ1v) is 18.1. The molecule has 0 aliphatic heterocycles. The van der Waals surface area contributed by atoms with E-state index in [1.165, 1.54) is 186 Å². The van der Waals surface area contributed by atoms with Crippen LogP contribution in [-0.2, 0) is 9.53 Å². The average molecular weight is 567 g/mol. The zero-order valence-electron chi connectivity index (χ0n) is 27.7. The lowest BCUT2D eigenvalue weighted by atomic mass is 10.0. The number of aliphatic hydroxyl groups excluding tert-OH is 1. The summed E-state index contributed by atoms with van der Waals surface area (Å²) in [5.74, 6) is -0.301. The second-order valence-electron chi connectivity index (χ2n) is 12.0. The van der Waals surface area contributed by atoms with Crippen LogP contribution in [0.3, 0.4) is 0 Å². The van der Waals surface area contributed by atoms with Crippen molar-refractivity contribution >= 4 is 5.97 Å². The molecule has 0 aromatic carbocycles. The number of hydrogen-bond acceptors (Lipinski definition) is 3. The van der Waals surface area contributed by atoms with Gasteiger partial charge in [0.05, 0.1) is 6.61 Å². The molecule has 0 aliphatic carbocycles. The lowest BCUT2D eigenvalue weighted by molar-refractivity contribution is -0.137. The molecule has 0 radical (unpaired) electrons. The molecule has 3 nitrogen and oxygen atoms in total. The lowest BCUT2D eigenvalue weighted by Crippen LogP contribution is -2.01. The van der Waals surface area contributed by atoms with Gasteiger partial charge >= 0.3 is 5.97 Å². The number of esters is 1. The Morgan fingerprint density at radius 1 is 0.475 bits per heavy atom. The highest BCUT2D eigenvalue weighted by Gasteiger charge is 1.97. The third-order valence-electron chi connectivity index (χ3n) is 7.92. The Bertz CT molecular complexity index is 446. The van der Waals surface area contributed by atoms with Crippen molar-refractivity contribution < 1.29 is 14.6 Å². The molecular formula is C37H74O3. The lowest BCUT2D eigenvalue weighted by Gasteiger charge is -2.03. The quantitative estimate of drug-likeness (QED) is 0.0500. The normalized spacial score (nSPS) is 10.8. The molecule has 3 heteroatoms. The van der Waals surface area contributed by atoms with Crippen molar-refractivity contribution in [2.75, 3.05) is 13.2 Å². The van der Waals surface area contributed by atoms with Gasteiger partial charge in [-0.25, -0.2) is 4.79 Å². The maximum Gasteiger partial charge on any atom is 0.330 e. The number of rotatable bonds is 32. The summed E-state index contributed by atoms with van der Waals surface area (Å²) in [6, 6.07) is 0. The van der Waals surface area contributed by atoms with Crippen molar-refractivity contribution in [2.24, 2.45) is 0 Å². The van der Waals surface area contributed by atoms with E-state index in [1.54, 1.807) is 0 Å². The fraction of sp³-hybridized carbons (Fsp3) is 0.919. The van der Waals surface area contributed by atoms with Crippen LogP contribution in [0, 0.1) is 0 Å². The van der Waals surface area contributed by atoms with Crippen molar-refractivity contribution in [3.63, 3.8) is 0 Å². The number of carbonyl (C=O) groups is 1. The first-order valence-electron chi connectivity index (χ1n) is 18.1. The fourth-order valence-corrected chi connectivity index (χ4v) is 5.19. The second kappa shape index (κ2) is 40.3. The fourth-order valence-electron chi connectivity index (χ4n) is 5.19. The van der Waals surface area contributed by atoms with Gasteiger partial charge in [-0.2, -0.15) is 0 Å². The first-order chi connectivity index (χ1) is 19.7. The monoisotopic (exact) mass is 567 g/mol. The molecule has 0 unspecified atom stereocenters. The van der Waals surface area contributed by atoms with Crippen LogP contribution < -0.4 is 0 Å². The summed E-state index contributed by atoms with van der Waals surface area (Å²) in [6.45, 7) is 8.85. The summed E-state index contributed by atoms with van der Waals surface area (Å²) in [5.41, 5.74) is 0. The zero-order valence-corrected chi connectivity index (χ0v) is 27.7. The highest BCUT2D eigenvalue weighted by molar-refractivity contribution is 5.81. The minimum Gasteiger partial charge on any atom is -0.463 e. The van der Waals surface area contributed by atoms with Gasteiger partial charge in [-0.05, 0) is 12.8 Å². The third kappa shape index (κ3) is 41.6. The van der Waals surface area contributed by atoms with Crippen LogP contribution in [0.1, 0.15) is 206 Å². The molecule has 0 spiro atoms. The molecule has 0 saturated heterocycles. The van der Waals surface area contributed by atoms with E-state index in [0.717, 1.165) is 12.8 Å². The Hall–Kier alpha value is -0.830. The molecule has 0 atom stereocenters. The molecular weight excluding hydrogens is 492 g/mol. The van der Waals surface area contributed by atoms with Gasteiger partial charge in [-0.3, -0.25) is 0 Å². The summed E-state index contributed by atoms with van der Waals surface area (Å²) in [6.07, 6.45) is 42.2. The smallest absolute Gasteiger partial charge is 0.330 e. The van der Waals surface area contributed by atoms with Crippen molar-refractivity contribution in [3.8, 4) is 0 Å². The SMILES string of the molecule is C=CC(=O)OCCCCCCCCCCCCCCCC.CCCCCCCCCCCCCCCCCCO. The van der Waals surface area contributed by atoms with Crippen molar-refractivity contribution in [3.05, 3.63) is 12.7 Å². The summed E-state index contributed by atoms with van der Waals surface area (Å²) in [7, 11) is 0. The van der Waals surface area contributed by atoms with E-state index in [9.17, 15) is 4.79 Å². The second-order valence-corrected chi connectivity index (χ2v) is 12.0. The Balaban J connectivity index is 0. The van der Waals surface area contributed by atoms with Gasteiger partial charge in [0.25, 0.3) is 0 Å². The standard InChI is InChI=1S/C19H36O2.C18H38O/c1-3-5-6-7-8-9-10-11-12-13-14-15-16-17-18-21-19(20)4-2;1-2-3-4-5-6-7-8-9-10-11-12-13-14-15-16-17-18-19/h4H,2-3,5-18H2,1H3;19H,2-18H2,1H3. The van der Waals surface area contributed by atoms with Crippen LogP contribution in [0.25, 0.3) is 0 Å². The average Bonchev–Trinajstić information content (AvgIpc) is 2.97. The molecule has 40 heavy (non-hydrogen) atoms. The van der Waals surface area contributed by atoms with E-state index >= 15 is 0 Å². The van der Waals surface area contributed by atoms with E-state index in [0.29, 0.717) is 13.2 Å². The van der Waals surface area contributed by atoms with Gasteiger partial charge in [0.15, 0.2) is 0 Å². The maximum atomic E-state index is 10.8. The van der Waals surface area contributed by atoms with Crippen LogP contribution >= 0.6 is 0 Å². The molecule has 0 rings (SSSR count). The van der Waals surface area contributed by atoms with Crippen molar-refractivity contribution in [1.29, 1.82) is 0 Å². The topological polar surface area (TPSA) is 46.5 Å². The van der Waals surface area contributed by atoms with Gasteiger partial charge < -0.3 is 9.84 Å². The number of ether oxygens (including phenoxy) is 1. The molecule has 0 aliphatic rings. The van der Waals surface area contributed by atoms with Gasteiger partial charge in [0.1, 0.15) is 0 Å². The minimum absolute atomic E-state index is 0.301. The van der Waals surface area contributed by atoms with E-state index in [2.05, 4.69) is 20.4 Å². The molecule has 240 valence electrons. The first kappa shape index (κ1) is 41.3. The van der Waals surface area contributed by atoms with Gasteiger partial charge in [-0.15, -0.1) is 0 Å². The van der Waals surface area contributed by atoms with Gasteiger partial charge in [0, 0.05) is 12.7 Å². The molecule has 0 amide bonds. The largest absolute Gasteiger partial charge is 0.463 e. The van der Waals surface area contributed by atoms with E-state index in [1.807, 2.05) is 0 Å². The molecule has 0 fully saturated rings. The van der Waals surface area contributed by atoms with Crippen LogP contribution in [0.2, 0.25) is 0 Å². The highest BCUT2D eigenvalue weighted by Crippen LogP contribution is 2.14. The Labute approximate surface area is 252 Å². The summed E-state index contributed by atoms with van der Waals surface area (Å²) >= 11 is 0. The van der Waals surface area contributed by atoms with Crippen LogP contribution in [0.4, 0.5) is 0 Å². The molecule has 1 N–H and O–H groups in total. The van der Waals surface area contributed by atoms with Crippen LogP contribution in [0.15, 0.2) is 12.7 Å². The Kier molecular flexibility index (Phi) is 41.6.